The van der Waals surface area contributed by atoms with Gasteiger partial charge in [0.2, 0.25) is 5.91 Å². The van der Waals surface area contributed by atoms with Gasteiger partial charge in [0.25, 0.3) is 0 Å². The highest BCUT2D eigenvalue weighted by Gasteiger charge is 2.26. The molecular weight excluding hydrogens is 238 g/mol. The van der Waals surface area contributed by atoms with Crippen LogP contribution in [-0.2, 0) is 4.79 Å². The first-order valence-electron chi connectivity index (χ1n) is 6.79. The van der Waals surface area contributed by atoms with Crippen molar-refractivity contribution in [1.29, 1.82) is 5.26 Å². The van der Waals surface area contributed by atoms with Gasteiger partial charge in [-0.15, -0.1) is 0 Å². The molecule has 0 bridgehead atoms. The van der Waals surface area contributed by atoms with Gasteiger partial charge < -0.3 is 10.2 Å². The Bertz CT molecular complexity index is 446. The highest BCUT2D eigenvalue weighted by Crippen LogP contribution is 2.18. The third-order valence-corrected chi connectivity index (χ3v) is 3.39. The number of benzene rings is 1. The molecule has 0 aromatic heterocycles. The van der Waals surface area contributed by atoms with Crippen LogP contribution in [0.25, 0.3) is 0 Å². The minimum Gasteiger partial charge on any atom is -0.310 e. The number of anilines is 1. The summed E-state index contributed by atoms with van der Waals surface area (Å²) in [5.74, 6) is 0.0844. The van der Waals surface area contributed by atoms with Gasteiger partial charge in [0.1, 0.15) is 0 Å². The molecule has 1 N–H and O–H groups in total. The van der Waals surface area contributed by atoms with E-state index in [1.807, 2.05) is 30.3 Å². The van der Waals surface area contributed by atoms with Crippen LogP contribution in [0.5, 0.6) is 0 Å². The molecule has 1 atom stereocenters. The zero-order valence-electron chi connectivity index (χ0n) is 11.0. The molecule has 1 saturated heterocycles. The lowest BCUT2D eigenvalue weighted by Crippen LogP contribution is -2.49. The summed E-state index contributed by atoms with van der Waals surface area (Å²) < 4.78 is 0. The minimum absolute atomic E-state index is 0.0844. The van der Waals surface area contributed by atoms with Crippen LogP contribution in [0.3, 0.4) is 0 Å². The van der Waals surface area contributed by atoms with Gasteiger partial charge in [0.15, 0.2) is 0 Å². The fourth-order valence-corrected chi connectivity index (χ4v) is 2.39. The van der Waals surface area contributed by atoms with Crippen molar-refractivity contribution in [3.8, 4) is 6.07 Å². The molecule has 0 spiro atoms. The molecule has 4 heteroatoms. The number of hydrogen-bond acceptors (Lipinski definition) is 3. The van der Waals surface area contributed by atoms with E-state index < -0.39 is 0 Å². The van der Waals surface area contributed by atoms with Crippen molar-refractivity contribution in [1.82, 2.24) is 5.32 Å². The van der Waals surface area contributed by atoms with E-state index in [9.17, 15) is 4.79 Å². The zero-order valence-corrected chi connectivity index (χ0v) is 11.0. The predicted molar refractivity (Wildman–Crippen MR) is 74.7 cm³/mol. The van der Waals surface area contributed by atoms with E-state index in [1.165, 1.54) is 0 Å². The van der Waals surface area contributed by atoms with Crippen LogP contribution in [0.15, 0.2) is 30.3 Å². The lowest BCUT2D eigenvalue weighted by Gasteiger charge is -2.29. The highest BCUT2D eigenvalue weighted by molar-refractivity contribution is 5.97. The van der Waals surface area contributed by atoms with Crippen LogP contribution in [0.2, 0.25) is 0 Å². The molecular formula is C15H19N3O. The standard InChI is InChI=1S/C15H19N3O/c16-10-6-12-18(13-7-2-1-3-8-13)15(19)14-9-4-5-11-17-14/h1-3,7-8,14,17H,4-6,9,11-12H2/t14-/m1/s1. The monoisotopic (exact) mass is 257 g/mol. The number of rotatable bonds is 4. The lowest BCUT2D eigenvalue weighted by molar-refractivity contribution is -0.121. The molecule has 100 valence electrons. The summed E-state index contributed by atoms with van der Waals surface area (Å²) in [7, 11) is 0. The molecule has 4 nitrogen and oxygen atoms in total. The molecule has 1 amide bonds. The van der Waals surface area contributed by atoms with Crippen molar-refractivity contribution >= 4 is 11.6 Å². The van der Waals surface area contributed by atoms with Crippen molar-refractivity contribution < 1.29 is 4.79 Å². The van der Waals surface area contributed by atoms with Gasteiger partial charge in [-0.25, -0.2) is 0 Å². The number of nitrogens with one attached hydrogen (secondary N) is 1. The van der Waals surface area contributed by atoms with Crippen LogP contribution in [0, 0.1) is 11.3 Å². The Kier molecular flexibility index (Phi) is 4.93. The number of nitrogens with zero attached hydrogens (tertiary/aromatic N) is 2. The van der Waals surface area contributed by atoms with E-state index >= 15 is 0 Å². The molecule has 19 heavy (non-hydrogen) atoms. The number of carbonyl (C=O) groups excluding carboxylic acids is 1. The number of hydrogen-bond donors (Lipinski definition) is 1. The Morgan fingerprint density at radius 2 is 2.16 bits per heavy atom. The maximum absolute atomic E-state index is 12.6. The number of amides is 1. The van der Waals surface area contributed by atoms with Gasteiger partial charge >= 0.3 is 0 Å². The Hall–Kier alpha value is -1.86. The molecule has 1 heterocycles. The van der Waals surface area contributed by atoms with E-state index in [1.54, 1.807) is 4.90 Å². The fraction of sp³-hybridized carbons (Fsp3) is 0.467. The van der Waals surface area contributed by atoms with E-state index in [0.717, 1.165) is 31.5 Å². The largest absolute Gasteiger partial charge is 0.310 e. The Morgan fingerprint density at radius 3 is 2.79 bits per heavy atom. The van der Waals surface area contributed by atoms with Gasteiger partial charge in [-0.05, 0) is 31.5 Å². The predicted octanol–water partition coefficient (Wildman–Crippen LogP) is 2.08. The van der Waals surface area contributed by atoms with Crippen molar-refractivity contribution in [3.63, 3.8) is 0 Å². The second-order valence-corrected chi connectivity index (χ2v) is 4.74. The molecule has 1 aliphatic heterocycles. The molecule has 1 aromatic rings. The third-order valence-electron chi connectivity index (χ3n) is 3.39. The van der Waals surface area contributed by atoms with Crippen LogP contribution < -0.4 is 10.2 Å². The van der Waals surface area contributed by atoms with Crippen LogP contribution in [-0.4, -0.2) is 25.0 Å². The number of carbonyl (C=O) groups is 1. The van der Waals surface area contributed by atoms with Crippen LogP contribution in [0.4, 0.5) is 5.69 Å². The normalized spacial score (nSPS) is 18.6. The Labute approximate surface area is 114 Å². The molecule has 0 unspecified atom stereocenters. The second kappa shape index (κ2) is 6.91. The lowest BCUT2D eigenvalue weighted by atomic mass is 10.0. The first-order chi connectivity index (χ1) is 9.33. The number of piperidine rings is 1. The quantitative estimate of drug-likeness (QED) is 0.898. The summed E-state index contributed by atoms with van der Waals surface area (Å²) in [6.07, 6.45) is 3.46. The Balaban J connectivity index is 2.12. The topological polar surface area (TPSA) is 56.1 Å². The second-order valence-electron chi connectivity index (χ2n) is 4.74. The summed E-state index contributed by atoms with van der Waals surface area (Å²) in [6.45, 7) is 1.36. The van der Waals surface area contributed by atoms with Crippen molar-refractivity contribution in [3.05, 3.63) is 30.3 Å². The molecule has 0 aliphatic carbocycles. The number of nitriles is 1. The van der Waals surface area contributed by atoms with E-state index in [2.05, 4.69) is 11.4 Å². The Morgan fingerprint density at radius 1 is 1.37 bits per heavy atom. The van der Waals surface area contributed by atoms with Crippen LogP contribution in [0.1, 0.15) is 25.7 Å². The fourth-order valence-electron chi connectivity index (χ4n) is 2.39. The van der Waals surface area contributed by atoms with Gasteiger partial charge in [0.05, 0.1) is 18.5 Å². The maximum Gasteiger partial charge on any atom is 0.244 e. The zero-order chi connectivity index (χ0) is 13.5. The van der Waals surface area contributed by atoms with Gasteiger partial charge in [-0.3, -0.25) is 4.79 Å². The molecule has 0 saturated carbocycles. The van der Waals surface area contributed by atoms with Crippen molar-refractivity contribution in [2.45, 2.75) is 31.7 Å². The summed E-state index contributed by atoms with van der Waals surface area (Å²) in [5, 5.41) is 12.0. The summed E-state index contributed by atoms with van der Waals surface area (Å²) in [6, 6.07) is 11.6. The minimum atomic E-state index is -0.104. The first-order valence-corrected chi connectivity index (χ1v) is 6.79. The molecule has 1 fully saturated rings. The molecule has 1 aliphatic rings. The SMILES string of the molecule is N#CCCN(C(=O)[C@H]1CCCCN1)c1ccccc1. The van der Waals surface area contributed by atoms with Crippen molar-refractivity contribution in [2.75, 3.05) is 18.0 Å². The summed E-state index contributed by atoms with van der Waals surface area (Å²) in [4.78, 5) is 14.3. The molecule has 0 radical (unpaired) electrons. The average molecular weight is 257 g/mol. The van der Waals surface area contributed by atoms with E-state index in [0.29, 0.717) is 13.0 Å². The van der Waals surface area contributed by atoms with Gasteiger partial charge in [0, 0.05) is 12.2 Å². The molecule has 2 rings (SSSR count). The smallest absolute Gasteiger partial charge is 0.244 e. The molecule has 1 aromatic carbocycles. The maximum atomic E-state index is 12.6. The summed E-state index contributed by atoms with van der Waals surface area (Å²) >= 11 is 0. The average Bonchev–Trinajstić information content (AvgIpc) is 2.49. The summed E-state index contributed by atoms with van der Waals surface area (Å²) in [5.41, 5.74) is 0.870. The number of para-hydroxylation sites is 1. The van der Waals surface area contributed by atoms with E-state index in [4.69, 9.17) is 5.26 Å². The first kappa shape index (κ1) is 13.6. The van der Waals surface area contributed by atoms with Gasteiger partial charge in [-0.2, -0.15) is 5.26 Å². The highest BCUT2D eigenvalue weighted by atomic mass is 16.2. The van der Waals surface area contributed by atoms with Gasteiger partial charge in [-0.1, -0.05) is 24.6 Å². The van der Waals surface area contributed by atoms with Crippen molar-refractivity contribution in [2.24, 2.45) is 0 Å². The third kappa shape index (κ3) is 3.55. The van der Waals surface area contributed by atoms with E-state index in [-0.39, 0.29) is 11.9 Å². The van der Waals surface area contributed by atoms with Crippen LogP contribution >= 0.6 is 0 Å².